The van der Waals surface area contributed by atoms with E-state index in [4.69, 9.17) is 4.98 Å². The van der Waals surface area contributed by atoms with Gasteiger partial charge in [-0.1, -0.05) is 36.4 Å². The maximum Gasteiger partial charge on any atom is 0.252 e. The van der Waals surface area contributed by atoms with Crippen molar-refractivity contribution in [3.05, 3.63) is 83.2 Å². The molecule has 4 rings (SSSR count). The van der Waals surface area contributed by atoms with Gasteiger partial charge in [0, 0.05) is 11.6 Å². The summed E-state index contributed by atoms with van der Waals surface area (Å²) in [5.74, 6) is -0.203. The van der Waals surface area contributed by atoms with Crippen molar-refractivity contribution in [2.75, 3.05) is 6.26 Å². The monoisotopic (exact) mass is 436 g/mol. The van der Waals surface area contributed by atoms with Crippen LogP contribution in [0.25, 0.3) is 21.5 Å². The molecule has 1 amide bonds. The molecule has 2 heterocycles. The highest BCUT2D eigenvalue weighted by Gasteiger charge is 2.17. The van der Waals surface area contributed by atoms with Crippen molar-refractivity contribution in [1.29, 1.82) is 0 Å². The maximum atomic E-state index is 13.2. The third kappa shape index (κ3) is 4.13. The summed E-state index contributed by atoms with van der Waals surface area (Å²) in [6, 6.07) is 19.6. The second-order valence-electron chi connectivity index (χ2n) is 7.09. The zero-order chi connectivity index (χ0) is 21.3. The smallest absolute Gasteiger partial charge is 0.252 e. The SMILES string of the molecule is CC(NC(=O)c1cc(-c2cccs2)nc2ccccc12)c1ccc(S(C)(=O)=O)cc1. The van der Waals surface area contributed by atoms with E-state index in [1.807, 2.05) is 54.8 Å². The zero-order valence-electron chi connectivity index (χ0n) is 16.5. The number of amides is 1. The molecule has 5 nitrogen and oxygen atoms in total. The molecule has 0 aliphatic carbocycles. The van der Waals surface area contributed by atoms with E-state index in [9.17, 15) is 13.2 Å². The van der Waals surface area contributed by atoms with Gasteiger partial charge in [-0.05, 0) is 48.2 Å². The van der Waals surface area contributed by atoms with Gasteiger partial charge in [-0.25, -0.2) is 13.4 Å². The van der Waals surface area contributed by atoms with E-state index in [2.05, 4.69) is 5.32 Å². The van der Waals surface area contributed by atoms with Crippen molar-refractivity contribution < 1.29 is 13.2 Å². The summed E-state index contributed by atoms with van der Waals surface area (Å²) in [6.45, 7) is 1.87. The summed E-state index contributed by atoms with van der Waals surface area (Å²) in [5.41, 5.74) is 2.91. The molecule has 0 aliphatic heterocycles. The van der Waals surface area contributed by atoms with Crippen molar-refractivity contribution in [2.24, 2.45) is 0 Å². The van der Waals surface area contributed by atoms with E-state index in [1.165, 1.54) is 6.26 Å². The van der Waals surface area contributed by atoms with Crippen LogP contribution in [-0.4, -0.2) is 25.6 Å². The van der Waals surface area contributed by atoms with E-state index in [-0.39, 0.29) is 16.8 Å². The van der Waals surface area contributed by atoms with Crippen LogP contribution in [-0.2, 0) is 9.84 Å². The van der Waals surface area contributed by atoms with Gasteiger partial charge in [-0.3, -0.25) is 4.79 Å². The number of sulfone groups is 1. The number of thiophene rings is 1. The van der Waals surface area contributed by atoms with E-state index in [0.717, 1.165) is 27.0 Å². The Labute approximate surface area is 179 Å². The minimum atomic E-state index is -3.26. The number of nitrogens with one attached hydrogen (secondary N) is 1. The van der Waals surface area contributed by atoms with Crippen LogP contribution in [0.5, 0.6) is 0 Å². The molecule has 0 bridgehead atoms. The Morgan fingerprint density at radius 1 is 1.03 bits per heavy atom. The zero-order valence-corrected chi connectivity index (χ0v) is 18.1. The minimum Gasteiger partial charge on any atom is -0.345 e. The Morgan fingerprint density at radius 3 is 2.43 bits per heavy atom. The van der Waals surface area contributed by atoms with Crippen LogP contribution < -0.4 is 5.32 Å². The van der Waals surface area contributed by atoms with E-state index >= 15 is 0 Å². The van der Waals surface area contributed by atoms with Crippen LogP contribution in [0.4, 0.5) is 0 Å². The molecule has 0 aliphatic rings. The van der Waals surface area contributed by atoms with Crippen LogP contribution in [0.2, 0.25) is 0 Å². The maximum absolute atomic E-state index is 13.2. The Hall–Kier alpha value is -3.03. The quantitative estimate of drug-likeness (QED) is 0.485. The van der Waals surface area contributed by atoms with Gasteiger partial charge >= 0.3 is 0 Å². The number of benzene rings is 2. The Kier molecular flexibility index (Phi) is 5.40. The molecule has 2 aromatic heterocycles. The molecule has 1 atom stereocenters. The summed E-state index contributed by atoms with van der Waals surface area (Å²) in [7, 11) is -3.26. The van der Waals surface area contributed by atoms with Gasteiger partial charge in [-0.15, -0.1) is 11.3 Å². The Balaban J connectivity index is 1.66. The van der Waals surface area contributed by atoms with E-state index in [1.54, 1.807) is 35.6 Å². The number of hydrogen-bond acceptors (Lipinski definition) is 5. The van der Waals surface area contributed by atoms with Crippen LogP contribution >= 0.6 is 11.3 Å². The number of hydrogen-bond donors (Lipinski definition) is 1. The minimum absolute atomic E-state index is 0.203. The number of aromatic nitrogens is 1. The van der Waals surface area contributed by atoms with Crippen LogP contribution in [0, 0.1) is 0 Å². The number of rotatable bonds is 5. The van der Waals surface area contributed by atoms with Gasteiger partial charge in [0.05, 0.1) is 32.6 Å². The van der Waals surface area contributed by atoms with E-state index in [0.29, 0.717) is 5.56 Å². The summed E-state index contributed by atoms with van der Waals surface area (Å²) in [4.78, 5) is 19.1. The van der Waals surface area contributed by atoms with Gasteiger partial charge in [0.25, 0.3) is 5.91 Å². The third-order valence-corrected chi connectivity index (χ3v) is 6.91. The number of nitrogens with zero attached hydrogens (tertiary/aromatic N) is 1. The fourth-order valence-electron chi connectivity index (χ4n) is 3.28. The van der Waals surface area contributed by atoms with Crippen molar-refractivity contribution in [3.8, 4) is 10.6 Å². The lowest BCUT2D eigenvalue weighted by Crippen LogP contribution is -2.27. The van der Waals surface area contributed by atoms with Gasteiger partial charge in [0.2, 0.25) is 0 Å². The van der Waals surface area contributed by atoms with Crippen LogP contribution in [0.3, 0.4) is 0 Å². The van der Waals surface area contributed by atoms with Crippen molar-refractivity contribution in [2.45, 2.75) is 17.9 Å². The molecule has 7 heteroatoms. The van der Waals surface area contributed by atoms with Crippen molar-refractivity contribution in [1.82, 2.24) is 10.3 Å². The first-order valence-electron chi connectivity index (χ1n) is 9.37. The molecule has 2 aromatic carbocycles. The van der Waals surface area contributed by atoms with Gasteiger partial charge in [0.15, 0.2) is 9.84 Å². The number of carbonyl (C=O) groups excluding carboxylic acids is 1. The molecule has 30 heavy (non-hydrogen) atoms. The van der Waals surface area contributed by atoms with Crippen molar-refractivity contribution in [3.63, 3.8) is 0 Å². The Morgan fingerprint density at radius 2 is 1.77 bits per heavy atom. The first kappa shape index (κ1) is 20.3. The average molecular weight is 437 g/mol. The average Bonchev–Trinajstić information content (AvgIpc) is 3.27. The number of fused-ring (bicyclic) bond motifs is 1. The second-order valence-corrected chi connectivity index (χ2v) is 10.0. The first-order valence-corrected chi connectivity index (χ1v) is 12.1. The van der Waals surface area contributed by atoms with Crippen molar-refractivity contribution >= 4 is 38.0 Å². The molecule has 4 aromatic rings. The molecule has 0 radical (unpaired) electrons. The molecular formula is C23H20N2O3S2. The predicted molar refractivity (Wildman–Crippen MR) is 120 cm³/mol. The highest BCUT2D eigenvalue weighted by molar-refractivity contribution is 7.90. The van der Waals surface area contributed by atoms with Gasteiger partial charge < -0.3 is 5.32 Å². The Bertz CT molecular complexity index is 1310. The fourth-order valence-corrected chi connectivity index (χ4v) is 4.59. The summed E-state index contributed by atoms with van der Waals surface area (Å²) >= 11 is 1.58. The fraction of sp³-hybridized carbons (Fsp3) is 0.130. The highest BCUT2D eigenvalue weighted by atomic mass is 32.2. The van der Waals surface area contributed by atoms with Crippen LogP contribution in [0.15, 0.2) is 77.0 Å². The normalized spacial score (nSPS) is 12.6. The highest BCUT2D eigenvalue weighted by Crippen LogP contribution is 2.28. The molecule has 1 unspecified atom stereocenters. The standard InChI is InChI=1S/C23H20N2O3S2/c1-15(16-9-11-17(12-10-16)30(2,27)28)24-23(26)19-14-21(22-8-5-13-29-22)25-20-7-4-3-6-18(19)20/h3-15H,1-2H3,(H,24,26). The predicted octanol–water partition coefficient (Wildman–Crippen LogP) is 4.86. The summed E-state index contributed by atoms with van der Waals surface area (Å²) in [5, 5.41) is 5.79. The largest absolute Gasteiger partial charge is 0.345 e. The lowest BCUT2D eigenvalue weighted by Gasteiger charge is -2.16. The first-order chi connectivity index (χ1) is 14.3. The second kappa shape index (κ2) is 8.01. The van der Waals surface area contributed by atoms with E-state index < -0.39 is 9.84 Å². The molecule has 1 N–H and O–H groups in total. The number of carbonyl (C=O) groups is 1. The third-order valence-electron chi connectivity index (χ3n) is 4.89. The topological polar surface area (TPSA) is 76.1 Å². The molecule has 0 spiro atoms. The van der Waals surface area contributed by atoms with Gasteiger partial charge in [-0.2, -0.15) is 0 Å². The van der Waals surface area contributed by atoms with Gasteiger partial charge in [0.1, 0.15) is 0 Å². The molecule has 0 fully saturated rings. The summed E-state index contributed by atoms with van der Waals surface area (Å²) in [6.07, 6.45) is 1.17. The van der Waals surface area contributed by atoms with Crippen LogP contribution in [0.1, 0.15) is 28.9 Å². The lowest BCUT2D eigenvalue weighted by molar-refractivity contribution is 0.0941. The summed E-state index contributed by atoms with van der Waals surface area (Å²) < 4.78 is 23.3. The molecule has 152 valence electrons. The molecule has 0 saturated heterocycles. The lowest BCUT2D eigenvalue weighted by atomic mass is 10.0. The molecular weight excluding hydrogens is 416 g/mol. The molecule has 0 saturated carbocycles. The number of para-hydroxylation sites is 1. The number of pyridine rings is 1.